The molecule has 0 bridgehead atoms. The van der Waals surface area contributed by atoms with Crippen molar-refractivity contribution < 1.29 is 14.3 Å². The molecule has 1 saturated heterocycles. The van der Waals surface area contributed by atoms with Crippen LogP contribution in [0.15, 0.2) is 0 Å². The second kappa shape index (κ2) is 3.05. The van der Waals surface area contributed by atoms with E-state index in [1.807, 2.05) is 0 Å². The highest BCUT2D eigenvalue weighted by Crippen LogP contribution is 2.40. The van der Waals surface area contributed by atoms with Gasteiger partial charge in [-0.25, -0.2) is 0 Å². The van der Waals surface area contributed by atoms with Gasteiger partial charge >= 0.3 is 5.97 Å². The van der Waals surface area contributed by atoms with E-state index in [0.29, 0.717) is 18.3 Å². The van der Waals surface area contributed by atoms with Crippen LogP contribution in [0.2, 0.25) is 0 Å². The van der Waals surface area contributed by atoms with E-state index in [-0.39, 0.29) is 12.1 Å². The fraction of sp³-hybridized carbons (Fsp3) is 0.889. The number of ether oxygens (including phenoxy) is 2. The zero-order chi connectivity index (χ0) is 8.55. The zero-order valence-corrected chi connectivity index (χ0v) is 7.29. The maximum Gasteiger partial charge on any atom is 0.306 e. The lowest BCUT2D eigenvalue weighted by molar-refractivity contribution is -0.141. The van der Waals surface area contributed by atoms with Crippen LogP contribution in [0, 0.1) is 11.8 Å². The van der Waals surface area contributed by atoms with Gasteiger partial charge in [-0.1, -0.05) is 0 Å². The molecule has 0 aromatic carbocycles. The van der Waals surface area contributed by atoms with Gasteiger partial charge in [0.1, 0.15) is 6.10 Å². The van der Waals surface area contributed by atoms with E-state index in [9.17, 15) is 4.79 Å². The lowest BCUT2D eigenvalue weighted by atomic mass is 9.94. The fourth-order valence-corrected chi connectivity index (χ4v) is 2.38. The van der Waals surface area contributed by atoms with Crippen LogP contribution in [0.1, 0.15) is 19.3 Å². The SMILES string of the molecule is COCC1CCC2OC(=O)CC12. The molecular weight excluding hydrogens is 156 g/mol. The van der Waals surface area contributed by atoms with Crippen LogP contribution < -0.4 is 0 Å². The Morgan fingerprint density at radius 1 is 1.58 bits per heavy atom. The molecule has 68 valence electrons. The van der Waals surface area contributed by atoms with E-state index in [2.05, 4.69) is 0 Å². The van der Waals surface area contributed by atoms with Gasteiger partial charge in [-0.3, -0.25) is 4.79 Å². The first-order valence-electron chi connectivity index (χ1n) is 4.49. The summed E-state index contributed by atoms with van der Waals surface area (Å²) in [5.74, 6) is 0.967. The summed E-state index contributed by atoms with van der Waals surface area (Å²) in [5.41, 5.74) is 0. The quantitative estimate of drug-likeness (QED) is 0.579. The molecule has 0 radical (unpaired) electrons. The minimum atomic E-state index is -0.0224. The molecule has 1 heterocycles. The van der Waals surface area contributed by atoms with Gasteiger partial charge in [0, 0.05) is 19.6 Å². The molecule has 1 aliphatic heterocycles. The topological polar surface area (TPSA) is 35.5 Å². The van der Waals surface area contributed by atoms with Crippen molar-refractivity contribution in [1.29, 1.82) is 0 Å². The van der Waals surface area contributed by atoms with Gasteiger partial charge in [-0.05, 0) is 18.8 Å². The molecule has 3 heteroatoms. The first-order valence-corrected chi connectivity index (χ1v) is 4.49. The van der Waals surface area contributed by atoms with E-state index >= 15 is 0 Å². The molecule has 0 spiro atoms. The van der Waals surface area contributed by atoms with Crippen molar-refractivity contribution in [3.63, 3.8) is 0 Å². The third kappa shape index (κ3) is 1.22. The van der Waals surface area contributed by atoms with E-state index in [1.165, 1.54) is 0 Å². The fourth-order valence-electron chi connectivity index (χ4n) is 2.38. The minimum absolute atomic E-state index is 0.0224. The number of methoxy groups -OCH3 is 1. The maximum absolute atomic E-state index is 10.9. The summed E-state index contributed by atoms with van der Waals surface area (Å²) in [5, 5.41) is 0. The van der Waals surface area contributed by atoms with Crippen LogP contribution in [0.3, 0.4) is 0 Å². The number of rotatable bonds is 2. The molecule has 2 rings (SSSR count). The molecule has 3 nitrogen and oxygen atoms in total. The molecule has 0 amide bonds. The molecule has 0 aromatic heterocycles. The maximum atomic E-state index is 10.9. The number of carbonyl (C=O) groups is 1. The molecule has 2 fully saturated rings. The smallest absolute Gasteiger partial charge is 0.306 e. The van der Waals surface area contributed by atoms with Gasteiger partial charge in [-0.15, -0.1) is 0 Å². The molecule has 0 aromatic rings. The molecule has 1 saturated carbocycles. The first kappa shape index (κ1) is 8.05. The third-order valence-electron chi connectivity index (χ3n) is 2.97. The van der Waals surface area contributed by atoms with Gasteiger partial charge in [0.25, 0.3) is 0 Å². The van der Waals surface area contributed by atoms with E-state index in [0.717, 1.165) is 19.4 Å². The standard InChI is InChI=1S/C9H14O3/c1-11-5-6-2-3-8-7(6)4-9(10)12-8/h6-8H,2-5H2,1H3. The van der Waals surface area contributed by atoms with Crippen molar-refractivity contribution in [3.8, 4) is 0 Å². The number of hydrogen-bond donors (Lipinski definition) is 0. The normalized spacial score (nSPS) is 39.8. The van der Waals surface area contributed by atoms with E-state index < -0.39 is 0 Å². The van der Waals surface area contributed by atoms with Gasteiger partial charge < -0.3 is 9.47 Å². The van der Waals surface area contributed by atoms with Crippen LogP contribution in [-0.4, -0.2) is 25.8 Å². The van der Waals surface area contributed by atoms with Gasteiger partial charge in [0.2, 0.25) is 0 Å². The molecule has 1 aliphatic carbocycles. The summed E-state index contributed by atoms with van der Waals surface area (Å²) >= 11 is 0. The Labute approximate surface area is 72.0 Å². The first-order chi connectivity index (χ1) is 5.81. The summed E-state index contributed by atoms with van der Waals surface area (Å²) in [7, 11) is 1.71. The molecule has 0 N–H and O–H groups in total. The Balaban J connectivity index is 1.98. The highest BCUT2D eigenvalue weighted by Gasteiger charge is 2.44. The Hall–Kier alpha value is -0.570. The second-order valence-electron chi connectivity index (χ2n) is 3.69. The van der Waals surface area contributed by atoms with Gasteiger partial charge in [0.15, 0.2) is 0 Å². The summed E-state index contributed by atoms with van der Waals surface area (Å²) in [4.78, 5) is 10.9. The minimum Gasteiger partial charge on any atom is -0.462 e. The summed E-state index contributed by atoms with van der Waals surface area (Å²) < 4.78 is 10.3. The Morgan fingerprint density at radius 2 is 2.42 bits per heavy atom. The van der Waals surface area contributed by atoms with Crippen LogP contribution in [0.5, 0.6) is 0 Å². The molecular formula is C9H14O3. The van der Waals surface area contributed by atoms with E-state index in [4.69, 9.17) is 9.47 Å². The Kier molecular flexibility index (Phi) is 2.05. The highest BCUT2D eigenvalue weighted by molar-refractivity contribution is 5.72. The molecule has 3 atom stereocenters. The van der Waals surface area contributed by atoms with Crippen LogP contribution in [-0.2, 0) is 14.3 Å². The third-order valence-corrected chi connectivity index (χ3v) is 2.97. The van der Waals surface area contributed by atoms with Crippen molar-refractivity contribution in [2.75, 3.05) is 13.7 Å². The molecule has 2 aliphatic rings. The largest absolute Gasteiger partial charge is 0.462 e. The summed E-state index contributed by atoms with van der Waals surface area (Å²) in [6, 6.07) is 0. The van der Waals surface area contributed by atoms with Gasteiger partial charge in [0.05, 0.1) is 6.42 Å². The number of fused-ring (bicyclic) bond motifs is 1. The molecule has 12 heavy (non-hydrogen) atoms. The van der Waals surface area contributed by atoms with Crippen molar-refractivity contribution in [2.45, 2.75) is 25.4 Å². The predicted molar refractivity (Wildman–Crippen MR) is 42.6 cm³/mol. The van der Waals surface area contributed by atoms with Crippen LogP contribution in [0.25, 0.3) is 0 Å². The predicted octanol–water partition coefficient (Wildman–Crippen LogP) is 0.975. The van der Waals surface area contributed by atoms with Crippen LogP contribution in [0.4, 0.5) is 0 Å². The van der Waals surface area contributed by atoms with Crippen LogP contribution >= 0.6 is 0 Å². The zero-order valence-electron chi connectivity index (χ0n) is 7.29. The Morgan fingerprint density at radius 3 is 3.17 bits per heavy atom. The lowest BCUT2D eigenvalue weighted by Gasteiger charge is -2.13. The van der Waals surface area contributed by atoms with Crippen molar-refractivity contribution in [1.82, 2.24) is 0 Å². The van der Waals surface area contributed by atoms with Gasteiger partial charge in [-0.2, -0.15) is 0 Å². The van der Waals surface area contributed by atoms with Crippen molar-refractivity contribution >= 4 is 5.97 Å². The summed E-state index contributed by atoms with van der Waals surface area (Å²) in [6.07, 6.45) is 3.00. The Bertz CT molecular complexity index is 188. The number of hydrogen-bond acceptors (Lipinski definition) is 3. The lowest BCUT2D eigenvalue weighted by Crippen LogP contribution is -2.17. The average Bonchev–Trinajstić information content (AvgIpc) is 2.52. The average molecular weight is 170 g/mol. The number of carbonyl (C=O) groups excluding carboxylic acids is 1. The van der Waals surface area contributed by atoms with Crippen molar-refractivity contribution in [2.24, 2.45) is 11.8 Å². The monoisotopic (exact) mass is 170 g/mol. The summed E-state index contributed by atoms with van der Waals surface area (Å²) in [6.45, 7) is 0.776. The highest BCUT2D eigenvalue weighted by atomic mass is 16.6. The van der Waals surface area contributed by atoms with E-state index in [1.54, 1.807) is 7.11 Å². The van der Waals surface area contributed by atoms with Crippen molar-refractivity contribution in [3.05, 3.63) is 0 Å². The second-order valence-corrected chi connectivity index (χ2v) is 3.69. The molecule has 3 unspecified atom stereocenters. The number of esters is 1.